The quantitative estimate of drug-likeness (QED) is 0.842. The molecule has 0 saturated carbocycles. The number of nitrogens with zero attached hydrogens (tertiary/aromatic N) is 1. The van der Waals surface area contributed by atoms with Crippen molar-refractivity contribution in [3.05, 3.63) is 44.7 Å². The van der Waals surface area contributed by atoms with Crippen molar-refractivity contribution in [1.82, 2.24) is 9.97 Å². The molecule has 0 saturated heterocycles. The van der Waals surface area contributed by atoms with Gasteiger partial charge in [-0.05, 0) is 19.1 Å². The van der Waals surface area contributed by atoms with Crippen molar-refractivity contribution >= 4 is 15.9 Å². The van der Waals surface area contributed by atoms with Crippen molar-refractivity contribution in [3.8, 4) is 17.3 Å². The molecule has 1 heterocycles. The van der Waals surface area contributed by atoms with Gasteiger partial charge < -0.3 is 10.1 Å². The molecule has 1 aromatic carbocycles. The molecular formula is C11H9BrN2O2. The van der Waals surface area contributed by atoms with E-state index in [9.17, 15) is 9.90 Å². The van der Waals surface area contributed by atoms with Gasteiger partial charge in [-0.1, -0.05) is 28.1 Å². The molecule has 0 radical (unpaired) electrons. The fraction of sp³-hybridized carbons (Fsp3) is 0.0909. The van der Waals surface area contributed by atoms with E-state index in [1.807, 2.05) is 18.2 Å². The number of hydrogen-bond donors (Lipinski definition) is 2. The van der Waals surface area contributed by atoms with E-state index in [1.165, 1.54) is 6.92 Å². The average molecular weight is 281 g/mol. The maximum atomic E-state index is 11.5. The summed E-state index contributed by atoms with van der Waals surface area (Å²) in [5.41, 5.74) is 0.628. The fourth-order valence-corrected chi connectivity index (χ4v) is 1.69. The monoisotopic (exact) mass is 280 g/mol. The highest BCUT2D eigenvalue weighted by molar-refractivity contribution is 9.10. The van der Waals surface area contributed by atoms with Crippen LogP contribution in [0.1, 0.15) is 5.56 Å². The topological polar surface area (TPSA) is 66.0 Å². The third-order valence-corrected chi connectivity index (χ3v) is 2.72. The molecule has 16 heavy (non-hydrogen) atoms. The molecule has 0 bridgehead atoms. The van der Waals surface area contributed by atoms with Crippen LogP contribution in [-0.4, -0.2) is 15.1 Å². The van der Waals surface area contributed by atoms with Gasteiger partial charge in [0, 0.05) is 10.0 Å². The lowest BCUT2D eigenvalue weighted by Gasteiger charge is -2.03. The van der Waals surface area contributed by atoms with Gasteiger partial charge in [0.05, 0.1) is 5.56 Å². The highest BCUT2D eigenvalue weighted by Gasteiger charge is 2.07. The first-order chi connectivity index (χ1) is 7.58. The first kappa shape index (κ1) is 10.9. The number of rotatable bonds is 1. The van der Waals surface area contributed by atoms with Gasteiger partial charge in [0.1, 0.15) is 5.82 Å². The second-order valence-electron chi connectivity index (χ2n) is 3.37. The van der Waals surface area contributed by atoms with Crippen molar-refractivity contribution in [2.45, 2.75) is 6.92 Å². The Balaban J connectivity index is 2.61. The maximum absolute atomic E-state index is 11.5. The van der Waals surface area contributed by atoms with Gasteiger partial charge in [0.15, 0.2) is 0 Å². The summed E-state index contributed by atoms with van der Waals surface area (Å²) < 4.78 is 0.882. The van der Waals surface area contributed by atoms with Gasteiger partial charge in [0.2, 0.25) is 5.88 Å². The smallest absolute Gasteiger partial charge is 0.257 e. The minimum Gasteiger partial charge on any atom is -0.493 e. The molecule has 0 amide bonds. The molecular weight excluding hydrogens is 272 g/mol. The Labute approximate surface area is 100 Å². The Morgan fingerprint density at radius 2 is 2.19 bits per heavy atom. The molecule has 82 valence electrons. The van der Waals surface area contributed by atoms with Gasteiger partial charge in [-0.2, -0.15) is 4.98 Å². The number of nitrogens with one attached hydrogen (secondary N) is 1. The molecule has 0 aliphatic carbocycles. The average Bonchev–Trinajstić information content (AvgIpc) is 2.25. The Morgan fingerprint density at radius 1 is 1.44 bits per heavy atom. The zero-order valence-corrected chi connectivity index (χ0v) is 10.1. The second kappa shape index (κ2) is 4.09. The third-order valence-electron chi connectivity index (χ3n) is 2.22. The van der Waals surface area contributed by atoms with E-state index < -0.39 is 0 Å². The molecule has 0 atom stereocenters. The summed E-state index contributed by atoms with van der Waals surface area (Å²) in [6.07, 6.45) is 0. The zero-order chi connectivity index (χ0) is 11.7. The largest absolute Gasteiger partial charge is 0.493 e. The lowest BCUT2D eigenvalue weighted by molar-refractivity contribution is 0.447. The molecule has 4 nitrogen and oxygen atoms in total. The number of halogens is 1. The Bertz CT molecular complexity index is 593. The van der Waals surface area contributed by atoms with Crippen molar-refractivity contribution in [1.29, 1.82) is 0 Å². The second-order valence-corrected chi connectivity index (χ2v) is 4.29. The van der Waals surface area contributed by atoms with Crippen LogP contribution in [0.15, 0.2) is 33.5 Å². The number of aromatic nitrogens is 2. The van der Waals surface area contributed by atoms with E-state index in [0.717, 1.165) is 10.0 Å². The molecule has 5 heteroatoms. The van der Waals surface area contributed by atoms with E-state index in [-0.39, 0.29) is 17.0 Å². The summed E-state index contributed by atoms with van der Waals surface area (Å²) in [4.78, 5) is 18.0. The minimum atomic E-state index is -0.331. The predicted molar refractivity (Wildman–Crippen MR) is 64.4 cm³/mol. The zero-order valence-electron chi connectivity index (χ0n) is 8.49. The van der Waals surface area contributed by atoms with Crippen molar-refractivity contribution in [2.75, 3.05) is 0 Å². The molecule has 0 aliphatic heterocycles. The molecule has 1 aromatic heterocycles. The Hall–Kier alpha value is -1.62. The van der Waals surface area contributed by atoms with Crippen LogP contribution in [-0.2, 0) is 0 Å². The van der Waals surface area contributed by atoms with Crippen molar-refractivity contribution < 1.29 is 5.11 Å². The van der Waals surface area contributed by atoms with Crippen LogP contribution in [0, 0.1) is 6.92 Å². The molecule has 2 rings (SSSR count). The van der Waals surface area contributed by atoms with Crippen LogP contribution in [0.3, 0.4) is 0 Å². The molecule has 0 aliphatic rings. The van der Waals surface area contributed by atoms with Crippen molar-refractivity contribution in [2.24, 2.45) is 0 Å². The van der Waals surface area contributed by atoms with Crippen molar-refractivity contribution in [3.63, 3.8) is 0 Å². The summed E-state index contributed by atoms with van der Waals surface area (Å²) in [7, 11) is 0. The van der Waals surface area contributed by atoms with E-state index in [0.29, 0.717) is 5.82 Å². The molecule has 2 aromatic rings. The summed E-state index contributed by atoms with van der Waals surface area (Å²) in [5.74, 6) is 0.119. The number of benzene rings is 1. The highest BCUT2D eigenvalue weighted by Crippen LogP contribution is 2.20. The lowest BCUT2D eigenvalue weighted by Crippen LogP contribution is -2.12. The Morgan fingerprint density at radius 3 is 2.81 bits per heavy atom. The summed E-state index contributed by atoms with van der Waals surface area (Å²) in [6.45, 7) is 1.52. The van der Waals surface area contributed by atoms with E-state index in [1.54, 1.807) is 6.07 Å². The fourth-order valence-electron chi connectivity index (χ4n) is 1.29. The normalized spacial score (nSPS) is 10.4. The lowest BCUT2D eigenvalue weighted by atomic mass is 10.2. The first-order valence-corrected chi connectivity index (χ1v) is 5.43. The van der Waals surface area contributed by atoms with E-state index in [4.69, 9.17) is 0 Å². The standard InChI is InChI=1S/C11H9BrN2O2/c1-6-10(15)13-9(14-11(6)16)7-3-2-4-8(12)5-7/h2-5H,1H3,(H2,13,14,15,16). The summed E-state index contributed by atoms with van der Waals surface area (Å²) >= 11 is 3.33. The van der Waals surface area contributed by atoms with Crippen LogP contribution >= 0.6 is 15.9 Å². The first-order valence-electron chi connectivity index (χ1n) is 4.64. The van der Waals surface area contributed by atoms with Gasteiger partial charge >= 0.3 is 0 Å². The summed E-state index contributed by atoms with van der Waals surface area (Å²) in [6, 6.07) is 7.32. The molecule has 0 spiro atoms. The highest BCUT2D eigenvalue weighted by atomic mass is 79.9. The van der Waals surface area contributed by atoms with Crippen LogP contribution in [0.2, 0.25) is 0 Å². The number of hydrogen-bond acceptors (Lipinski definition) is 3. The van der Waals surface area contributed by atoms with Crippen LogP contribution in [0.4, 0.5) is 0 Å². The number of aromatic hydroxyl groups is 1. The predicted octanol–water partition coefficient (Wildman–Crippen LogP) is 2.21. The maximum Gasteiger partial charge on any atom is 0.257 e. The van der Waals surface area contributed by atoms with Crippen LogP contribution < -0.4 is 5.56 Å². The van der Waals surface area contributed by atoms with Gasteiger partial charge in [-0.25, -0.2) is 0 Å². The third kappa shape index (κ3) is 1.99. The molecule has 0 fully saturated rings. The number of H-pyrrole nitrogens is 1. The van der Waals surface area contributed by atoms with E-state index in [2.05, 4.69) is 25.9 Å². The molecule has 0 unspecified atom stereocenters. The summed E-state index contributed by atoms with van der Waals surface area (Å²) in [5, 5.41) is 9.47. The van der Waals surface area contributed by atoms with Gasteiger partial charge in [-0.3, -0.25) is 4.79 Å². The molecule has 2 N–H and O–H groups in total. The number of aromatic amines is 1. The Kier molecular flexibility index (Phi) is 2.78. The van der Waals surface area contributed by atoms with Gasteiger partial charge in [-0.15, -0.1) is 0 Å². The van der Waals surface area contributed by atoms with Crippen LogP contribution in [0.25, 0.3) is 11.4 Å². The minimum absolute atomic E-state index is 0.221. The van der Waals surface area contributed by atoms with Gasteiger partial charge in [0.25, 0.3) is 5.56 Å². The van der Waals surface area contributed by atoms with Crippen LogP contribution in [0.5, 0.6) is 5.88 Å². The van der Waals surface area contributed by atoms with E-state index >= 15 is 0 Å². The SMILES string of the molecule is Cc1c(O)nc(-c2cccc(Br)c2)[nH]c1=O.